The van der Waals surface area contributed by atoms with Crippen molar-refractivity contribution in [2.45, 2.75) is 19.9 Å². The zero-order valence-electron chi connectivity index (χ0n) is 10.4. The number of halogens is 2. The molecule has 2 aromatic rings. The normalized spacial score (nSPS) is 12.6. The van der Waals surface area contributed by atoms with E-state index < -0.39 is 17.8 Å². The number of esters is 1. The smallest absolute Gasteiger partial charge is 0.328 e. The zero-order valence-corrected chi connectivity index (χ0v) is 12.8. The van der Waals surface area contributed by atoms with E-state index in [-0.39, 0.29) is 0 Å². The zero-order chi connectivity index (χ0) is 14.2. The average Bonchev–Trinajstić information content (AvgIpc) is 2.65. The van der Waals surface area contributed by atoms with E-state index >= 15 is 0 Å². The number of hydrogen-bond donors (Lipinski definition) is 1. The maximum absolute atomic E-state index is 13.6. The van der Waals surface area contributed by atoms with Crippen molar-refractivity contribution in [3.05, 3.63) is 27.2 Å². The molecule has 0 radical (unpaired) electrons. The number of aromatic amines is 1. The summed E-state index contributed by atoms with van der Waals surface area (Å²) in [5.74, 6) is -0.811. The molecule has 0 aliphatic heterocycles. The Labute approximate surface area is 122 Å². The van der Waals surface area contributed by atoms with E-state index in [0.29, 0.717) is 26.9 Å². The molecule has 102 valence electrons. The molecule has 1 N–H and O–H groups in total. The minimum Gasteiger partial charge on any atom is -0.464 e. The number of benzene rings is 1. The number of nitrogens with one attached hydrogen (secondary N) is 1. The SMILES string of the molecule is CCOC(=O)C(C)n1c(=S)[nH]c2cc(Br)c(F)cc21. The molecule has 0 spiro atoms. The summed E-state index contributed by atoms with van der Waals surface area (Å²) < 4.78 is 20.8. The topological polar surface area (TPSA) is 47.0 Å². The van der Waals surface area contributed by atoms with E-state index in [1.165, 1.54) is 6.07 Å². The van der Waals surface area contributed by atoms with Crippen LogP contribution in [0.3, 0.4) is 0 Å². The fourth-order valence-corrected chi connectivity index (χ4v) is 2.58. The van der Waals surface area contributed by atoms with E-state index in [2.05, 4.69) is 20.9 Å². The third kappa shape index (κ3) is 2.57. The molecule has 19 heavy (non-hydrogen) atoms. The second kappa shape index (κ2) is 5.42. The van der Waals surface area contributed by atoms with Gasteiger partial charge in [0.1, 0.15) is 11.9 Å². The van der Waals surface area contributed by atoms with Crippen LogP contribution in [0.5, 0.6) is 0 Å². The minimum atomic E-state index is -0.609. The predicted octanol–water partition coefficient (Wildman–Crippen LogP) is 3.72. The van der Waals surface area contributed by atoms with Gasteiger partial charge in [0.15, 0.2) is 4.77 Å². The first kappa shape index (κ1) is 14.2. The van der Waals surface area contributed by atoms with Crippen LogP contribution >= 0.6 is 28.1 Å². The van der Waals surface area contributed by atoms with Gasteiger partial charge in [-0.3, -0.25) is 0 Å². The molecule has 7 heteroatoms. The highest BCUT2D eigenvalue weighted by molar-refractivity contribution is 9.10. The van der Waals surface area contributed by atoms with Gasteiger partial charge in [0.25, 0.3) is 0 Å². The van der Waals surface area contributed by atoms with Crippen molar-refractivity contribution in [3.63, 3.8) is 0 Å². The quantitative estimate of drug-likeness (QED) is 0.680. The van der Waals surface area contributed by atoms with Gasteiger partial charge in [-0.1, -0.05) is 0 Å². The highest BCUT2D eigenvalue weighted by Crippen LogP contribution is 2.25. The molecule has 0 saturated carbocycles. The lowest BCUT2D eigenvalue weighted by Gasteiger charge is -2.13. The van der Waals surface area contributed by atoms with E-state index in [9.17, 15) is 9.18 Å². The predicted molar refractivity (Wildman–Crippen MR) is 76.1 cm³/mol. The Morgan fingerprint density at radius 2 is 2.32 bits per heavy atom. The number of fused-ring (bicyclic) bond motifs is 1. The molecule has 1 aromatic heterocycles. The molecule has 0 bridgehead atoms. The first-order valence-corrected chi connectivity index (χ1v) is 6.91. The largest absolute Gasteiger partial charge is 0.464 e. The minimum absolute atomic E-state index is 0.290. The summed E-state index contributed by atoms with van der Waals surface area (Å²) in [4.78, 5) is 14.7. The van der Waals surface area contributed by atoms with Gasteiger partial charge >= 0.3 is 5.97 Å². The number of nitrogens with zero attached hydrogens (tertiary/aromatic N) is 1. The van der Waals surface area contributed by atoms with E-state index in [1.54, 1.807) is 24.5 Å². The summed E-state index contributed by atoms with van der Waals surface area (Å²) in [7, 11) is 0. The number of carbonyl (C=O) groups excluding carboxylic acids is 1. The number of H-pyrrole nitrogens is 1. The highest BCUT2D eigenvalue weighted by Gasteiger charge is 2.20. The fraction of sp³-hybridized carbons (Fsp3) is 0.333. The molecule has 2 rings (SSSR count). The lowest BCUT2D eigenvalue weighted by atomic mass is 10.2. The molecule has 4 nitrogen and oxygen atoms in total. The molecule has 0 aliphatic rings. The third-order valence-electron chi connectivity index (χ3n) is 2.77. The van der Waals surface area contributed by atoms with Gasteiger partial charge in [-0.25, -0.2) is 9.18 Å². The van der Waals surface area contributed by atoms with Crippen molar-refractivity contribution in [1.82, 2.24) is 9.55 Å². The van der Waals surface area contributed by atoms with Gasteiger partial charge in [0, 0.05) is 6.07 Å². The second-order valence-corrected chi connectivity index (χ2v) is 5.25. The summed E-state index contributed by atoms with van der Waals surface area (Å²) >= 11 is 8.29. The molecule has 0 amide bonds. The van der Waals surface area contributed by atoms with E-state index in [0.717, 1.165) is 0 Å². The monoisotopic (exact) mass is 346 g/mol. The molecule has 1 atom stereocenters. The molecule has 1 unspecified atom stereocenters. The number of hydrogen-bond acceptors (Lipinski definition) is 3. The molecule has 0 aliphatic carbocycles. The number of aromatic nitrogens is 2. The van der Waals surface area contributed by atoms with Gasteiger partial charge in [0.2, 0.25) is 0 Å². The van der Waals surface area contributed by atoms with Crippen LogP contribution in [-0.2, 0) is 9.53 Å². The van der Waals surface area contributed by atoms with Gasteiger partial charge in [0.05, 0.1) is 22.1 Å². The van der Waals surface area contributed by atoms with Gasteiger partial charge in [-0.05, 0) is 48.1 Å². The van der Waals surface area contributed by atoms with Gasteiger partial charge in [-0.15, -0.1) is 0 Å². The molecule has 0 saturated heterocycles. The first-order valence-electron chi connectivity index (χ1n) is 5.71. The Kier molecular flexibility index (Phi) is 4.05. The van der Waals surface area contributed by atoms with Crippen LogP contribution in [0.15, 0.2) is 16.6 Å². The summed E-state index contributed by atoms with van der Waals surface area (Å²) in [6.45, 7) is 3.69. The Hall–Kier alpha value is -1.21. The van der Waals surface area contributed by atoms with Crippen LogP contribution in [0.4, 0.5) is 4.39 Å². The lowest BCUT2D eigenvalue weighted by Crippen LogP contribution is -2.19. The Balaban J connectivity index is 2.60. The van der Waals surface area contributed by atoms with E-state index in [1.807, 2.05) is 0 Å². The number of carbonyl (C=O) groups is 1. The van der Waals surface area contributed by atoms with Crippen LogP contribution in [0, 0.1) is 10.6 Å². The standard InChI is InChI=1S/C12H12BrFN2O2S/c1-3-18-11(17)6(2)16-10-5-8(14)7(13)4-9(10)15-12(16)19/h4-6H,3H2,1-2H3,(H,15,19). The van der Waals surface area contributed by atoms with Crippen molar-refractivity contribution in [2.24, 2.45) is 0 Å². The van der Waals surface area contributed by atoms with Crippen LogP contribution < -0.4 is 0 Å². The number of rotatable bonds is 3. The Morgan fingerprint density at radius 1 is 1.63 bits per heavy atom. The van der Waals surface area contributed by atoms with Gasteiger partial charge < -0.3 is 14.3 Å². The van der Waals surface area contributed by atoms with Crippen molar-refractivity contribution < 1.29 is 13.9 Å². The van der Waals surface area contributed by atoms with Crippen molar-refractivity contribution in [1.29, 1.82) is 0 Å². The van der Waals surface area contributed by atoms with Gasteiger partial charge in [-0.2, -0.15) is 0 Å². The van der Waals surface area contributed by atoms with Crippen LogP contribution in [-0.4, -0.2) is 22.1 Å². The van der Waals surface area contributed by atoms with Crippen LogP contribution in [0.1, 0.15) is 19.9 Å². The second-order valence-electron chi connectivity index (χ2n) is 4.01. The van der Waals surface area contributed by atoms with Crippen LogP contribution in [0.25, 0.3) is 11.0 Å². The molecule has 1 heterocycles. The fourth-order valence-electron chi connectivity index (χ4n) is 1.87. The molecule has 1 aromatic carbocycles. The summed E-state index contributed by atoms with van der Waals surface area (Å²) in [6, 6.07) is 2.32. The summed E-state index contributed by atoms with van der Waals surface area (Å²) in [5.41, 5.74) is 1.20. The molecular weight excluding hydrogens is 335 g/mol. The molecular formula is C12H12BrFN2O2S. The van der Waals surface area contributed by atoms with Crippen molar-refractivity contribution in [3.8, 4) is 0 Å². The maximum atomic E-state index is 13.6. The number of ether oxygens (including phenoxy) is 1. The van der Waals surface area contributed by atoms with E-state index in [4.69, 9.17) is 17.0 Å². The summed E-state index contributed by atoms with van der Waals surface area (Å²) in [6.07, 6.45) is 0. The number of imidazole rings is 1. The van der Waals surface area contributed by atoms with Crippen LogP contribution in [0.2, 0.25) is 0 Å². The maximum Gasteiger partial charge on any atom is 0.328 e. The summed E-state index contributed by atoms with van der Waals surface area (Å²) in [5, 5.41) is 0. The third-order valence-corrected chi connectivity index (χ3v) is 3.68. The lowest BCUT2D eigenvalue weighted by molar-refractivity contribution is -0.146. The molecule has 0 fully saturated rings. The average molecular weight is 347 g/mol. The highest BCUT2D eigenvalue weighted by atomic mass is 79.9. The first-order chi connectivity index (χ1) is 8.95. The Bertz CT molecular complexity index is 695. The Morgan fingerprint density at radius 3 is 2.95 bits per heavy atom. The van der Waals surface area contributed by atoms with Crippen molar-refractivity contribution in [2.75, 3.05) is 6.61 Å². The van der Waals surface area contributed by atoms with Crippen molar-refractivity contribution >= 4 is 45.2 Å².